The van der Waals surface area contributed by atoms with Crippen LogP contribution in [0.1, 0.15) is 0 Å². The molecule has 1 aromatic rings. The van der Waals surface area contributed by atoms with E-state index in [0.29, 0.717) is 10.8 Å². The fourth-order valence-corrected chi connectivity index (χ4v) is 0.738. The van der Waals surface area contributed by atoms with E-state index in [-0.39, 0.29) is 0 Å². The zero-order valence-corrected chi connectivity index (χ0v) is 6.81. The van der Waals surface area contributed by atoms with Crippen LogP contribution in [0, 0.1) is 0 Å². The number of pyridine rings is 1. The average Bonchev–Trinajstić information content (AvgIpc) is 2.09. The Bertz CT molecular complexity index is 275. The largest absolute Gasteiger partial charge is 0.308 e. The number of nitrogens with zero attached hydrogens (tertiary/aromatic N) is 1. The number of rotatable bonds is 2. The highest BCUT2D eigenvalue weighted by Crippen LogP contribution is 2.08. The van der Waals surface area contributed by atoms with E-state index in [0.717, 1.165) is 0 Å². The lowest BCUT2D eigenvalue weighted by Gasteiger charge is -1.99. The van der Waals surface area contributed by atoms with Crippen LogP contribution in [0.4, 0.5) is 10.2 Å². The number of aromatic nitrogens is 1. The molecule has 0 unspecified atom stereocenters. The van der Waals surface area contributed by atoms with Crippen LogP contribution in [0.3, 0.4) is 0 Å². The molecule has 5 heteroatoms. The molecule has 0 aliphatic carbocycles. The Morgan fingerprint density at radius 3 is 2.92 bits per heavy atom. The minimum absolute atomic E-state index is 0.294. The van der Waals surface area contributed by atoms with Gasteiger partial charge in [0, 0.05) is 6.20 Å². The number of carbonyl (C=O) groups excluding carboxylic acids is 1. The Labute approximate surface area is 73.6 Å². The van der Waals surface area contributed by atoms with Crippen molar-refractivity contribution in [3.05, 3.63) is 23.4 Å². The van der Waals surface area contributed by atoms with Crippen molar-refractivity contribution in [2.75, 3.05) is 12.0 Å². The molecule has 0 saturated carbocycles. The van der Waals surface area contributed by atoms with Gasteiger partial charge in [-0.15, -0.1) is 0 Å². The molecule has 1 heterocycles. The van der Waals surface area contributed by atoms with Gasteiger partial charge in [0.05, 0.1) is 5.02 Å². The van der Waals surface area contributed by atoms with Crippen LogP contribution < -0.4 is 5.32 Å². The van der Waals surface area contributed by atoms with Crippen LogP contribution in [-0.4, -0.2) is 17.6 Å². The van der Waals surface area contributed by atoms with E-state index < -0.39 is 12.6 Å². The lowest BCUT2D eigenvalue weighted by molar-refractivity contribution is -0.117. The van der Waals surface area contributed by atoms with Crippen LogP contribution in [0.5, 0.6) is 0 Å². The molecule has 64 valence electrons. The number of nitrogens with one attached hydrogen (secondary N) is 1. The van der Waals surface area contributed by atoms with Gasteiger partial charge in [-0.05, 0) is 12.1 Å². The third-order valence-electron chi connectivity index (χ3n) is 1.12. The maximum Gasteiger partial charge on any atom is 0.256 e. The van der Waals surface area contributed by atoms with Gasteiger partial charge in [0.25, 0.3) is 5.91 Å². The summed E-state index contributed by atoms with van der Waals surface area (Å²) >= 11 is 5.53. The molecule has 1 rings (SSSR count). The highest BCUT2D eigenvalue weighted by Gasteiger charge is 2.00. The molecule has 0 aliphatic rings. The predicted octanol–water partition coefficient (Wildman–Crippen LogP) is 1.64. The highest BCUT2D eigenvalue weighted by molar-refractivity contribution is 6.30. The zero-order valence-electron chi connectivity index (χ0n) is 6.05. The first kappa shape index (κ1) is 8.93. The summed E-state index contributed by atoms with van der Waals surface area (Å²) in [7, 11) is 0. The summed E-state index contributed by atoms with van der Waals surface area (Å²) in [6.45, 7) is -1.05. The normalized spacial score (nSPS) is 9.50. The van der Waals surface area contributed by atoms with E-state index in [1.807, 2.05) is 0 Å². The van der Waals surface area contributed by atoms with Crippen LogP contribution in [0.25, 0.3) is 0 Å². The minimum Gasteiger partial charge on any atom is -0.308 e. The molecule has 0 fully saturated rings. The average molecular weight is 189 g/mol. The van der Waals surface area contributed by atoms with Gasteiger partial charge in [0.2, 0.25) is 0 Å². The molecule has 0 atom stereocenters. The van der Waals surface area contributed by atoms with Crippen LogP contribution in [0.2, 0.25) is 5.02 Å². The fourth-order valence-electron chi connectivity index (χ4n) is 0.626. The topological polar surface area (TPSA) is 42.0 Å². The highest BCUT2D eigenvalue weighted by atomic mass is 35.5. The van der Waals surface area contributed by atoms with Gasteiger partial charge < -0.3 is 5.32 Å². The van der Waals surface area contributed by atoms with Gasteiger partial charge in [-0.2, -0.15) is 0 Å². The molecule has 0 spiro atoms. The molecule has 1 aromatic heterocycles. The van der Waals surface area contributed by atoms with Crippen molar-refractivity contribution in [2.45, 2.75) is 0 Å². The Kier molecular flexibility index (Phi) is 2.99. The summed E-state index contributed by atoms with van der Waals surface area (Å²) in [4.78, 5) is 14.2. The molecule has 0 aliphatic heterocycles. The van der Waals surface area contributed by atoms with E-state index in [1.54, 1.807) is 6.07 Å². The second-order valence-electron chi connectivity index (χ2n) is 2.04. The summed E-state index contributed by atoms with van der Waals surface area (Å²) in [5.41, 5.74) is 0. The Morgan fingerprint density at radius 2 is 2.42 bits per heavy atom. The predicted molar refractivity (Wildman–Crippen MR) is 43.9 cm³/mol. The molecular weight excluding hydrogens is 183 g/mol. The van der Waals surface area contributed by atoms with Crippen molar-refractivity contribution in [3.63, 3.8) is 0 Å². The van der Waals surface area contributed by atoms with E-state index >= 15 is 0 Å². The van der Waals surface area contributed by atoms with Crippen molar-refractivity contribution >= 4 is 23.3 Å². The van der Waals surface area contributed by atoms with Crippen molar-refractivity contribution in [3.8, 4) is 0 Å². The van der Waals surface area contributed by atoms with Gasteiger partial charge >= 0.3 is 0 Å². The number of hydrogen-bond donors (Lipinski definition) is 1. The fraction of sp³-hybridized carbons (Fsp3) is 0.143. The lowest BCUT2D eigenvalue weighted by Crippen LogP contribution is -2.13. The Morgan fingerprint density at radius 1 is 1.67 bits per heavy atom. The summed E-state index contributed by atoms with van der Waals surface area (Å²) in [5.74, 6) is -0.424. The second kappa shape index (κ2) is 4.01. The first-order valence-corrected chi connectivity index (χ1v) is 3.57. The molecule has 0 saturated heterocycles. The van der Waals surface area contributed by atoms with E-state index in [4.69, 9.17) is 11.6 Å². The molecule has 12 heavy (non-hydrogen) atoms. The molecule has 1 N–H and O–H groups in total. The monoisotopic (exact) mass is 188 g/mol. The third-order valence-corrected chi connectivity index (χ3v) is 1.34. The molecule has 0 aromatic carbocycles. The molecule has 3 nitrogen and oxygen atoms in total. The van der Waals surface area contributed by atoms with E-state index in [9.17, 15) is 9.18 Å². The maximum absolute atomic E-state index is 11.7. The number of anilines is 1. The SMILES string of the molecule is O=C(CF)Nc1ccc(Cl)cn1. The minimum atomic E-state index is -1.05. The van der Waals surface area contributed by atoms with Crippen LogP contribution >= 0.6 is 11.6 Å². The number of amides is 1. The zero-order chi connectivity index (χ0) is 8.97. The smallest absolute Gasteiger partial charge is 0.256 e. The molecule has 1 amide bonds. The summed E-state index contributed by atoms with van der Waals surface area (Å²) in [5, 5.41) is 2.70. The standard InChI is InChI=1S/C7H6ClFN2O/c8-5-1-2-6(10-4-5)11-7(12)3-9/h1-2,4H,3H2,(H,10,11,12). The van der Waals surface area contributed by atoms with Crippen LogP contribution in [-0.2, 0) is 4.79 Å². The summed E-state index contributed by atoms with van der Waals surface area (Å²) in [6, 6.07) is 3.05. The quantitative estimate of drug-likeness (QED) is 0.767. The number of hydrogen-bond acceptors (Lipinski definition) is 2. The van der Waals surface area contributed by atoms with Crippen molar-refractivity contribution in [2.24, 2.45) is 0 Å². The van der Waals surface area contributed by atoms with E-state index in [2.05, 4.69) is 10.3 Å². The third kappa shape index (κ3) is 2.47. The lowest BCUT2D eigenvalue weighted by atomic mass is 10.4. The summed E-state index contributed by atoms with van der Waals surface area (Å²) < 4.78 is 11.7. The van der Waals surface area contributed by atoms with Crippen molar-refractivity contribution < 1.29 is 9.18 Å². The molecule has 0 bridgehead atoms. The van der Waals surface area contributed by atoms with Crippen molar-refractivity contribution in [1.82, 2.24) is 4.98 Å². The van der Waals surface area contributed by atoms with Gasteiger partial charge in [-0.3, -0.25) is 4.79 Å². The molecular formula is C7H6ClFN2O. The van der Waals surface area contributed by atoms with Crippen LogP contribution in [0.15, 0.2) is 18.3 Å². The van der Waals surface area contributed by atoms with Gasteiger partial charge in [-0.1, -0.05) is 11.6 Å². The van der Waals surface area contributed by atoms with Gasteiger partial charge in [0.15, 0.2) is 6.67 Å². The first-order valence-electron chi connectivity index (χ1n) is 3.20. The van der Waals surface area contributed by atoms with E-state index in [1.165, 1.54) is 12.3 Å². The Balaban J connectivity index is 2.64. The number of halogens is 2. The first-order chi connectivity index (χ1) is 5.72. The Hall–Kier alpha value is -1.16. The summed E-state index contributed by atoms with van der Waals surface area (Å²) in [6.07, 6.45) is 1.37. The maximum atomic E-state index is 11.7. The van der Waals surface area contributed by atoms with Gasteiger partial charge in [0.1, 0.15) is 5.82 Å². The second-order valence-corrected chi connectivity index (χ2v) is 2.48. The number of alkyl halides is 1. The number of carbonyl (C=O) groups is 1. The van der Waals surface area contributed by atoms with Gasteiger partial charge in [-0.25, -0.2) is 9.37 Å². The molecule has 0 radical (unpaired) electrons. The van der Waals surface area contributed by atoms with Crippen molar-refractivity contribution in [1.29, 1.82) is 0 Å².